The highest BCUT2D eigenvalue weighted by atomic mass is 16.7. The number of carbonyl (C=O) groups excluding carboxylic acids is 1. The number of hydrogen-bond donors (Lipinski definition) is 6. The Hall–Kier alpha value is -1.07. The molecule has 290 valence electrons. The van der Waals surface area contributed by atoms with Crippen LogP contribution in [0.15, 0.2) is 12.2 Å². The first-order valence-corrected chi connectivity index (χ1v) is 20.4. The number of aliphatic hydroxyl groups is 5. The lowest BCUT2D eigenvalue weighted by molar-refractivity contribution is -0.302. The Morgan fingerprint density at radius 1 is 0.673 bits per heavy atom. The van der Waals surface area contributed by atoms with Crippen molar-refractivity contribution in [1.29, 1.82) is 0 Å². The number of carbonyl (C=O) groups is 1. The van der Waals surface area contributed by atoms with Crippen LogP contribution in [-0.2, 0) is 14.3 Å². The Bertz CT molecular complexity index is 781. The smallest absolute Gasteiger partial charge is 0.220 e. The molecule has 9 heteroatoms. The van der Waals surface area contributed by atoms with Gasteiger partial charge in [0.15, 0.2) is 6.29 Å². The number of amides is 1. The average molecular weight is 700 g/mol. The zero-order valence-corrected chi connectivity index (χ0v) is 31.5. The van der Waals surface area contributed by atoms with Crippen molar-refractivity contribution in [3.63, 3.8) is 0 Å². The third-order valence-corrected chi connectivity index (χ3v) is 9.86. The maximum absolute atomic E-state index is 12.9. The van der Waals surface area contributed by atoms with Gasteiger partial charge >= 0.3 is 0 Å². The van der Waals surface area contributed by atoms with Crippen LogP contribution in [0.4, 0.5) is 0 Å². The first-order valence-electron chi connectivity index (χ1n) is 20.4. The molecule has 0 aromatic heterocycles. The number of allylic oxidation sites excluding steroid dienone is 1. The molecule has 0 aliphatic carbocycles. The van der Waals surface area contributed by atoms with Crippen molar-refractivity contribution in [3.8, 4) is 0 Å². The molecule has 0 spiro atoms. The van der Waals surface area contributed by atoms with E-state index in [0.29, 0.717) is 6.42 Å². The first-order chi connectivity index (χ1) is 23.8. The zero-order chi connectivity index (χ0) is 36.0. The molecule has 1 rings (SSSR count). The van der Waals surface area contributed by atoms with Crippen LogP contribution in [0.2, 0.25) is 0 Å². The molecule has 0 bridgehead atoms. The van der Waals surface area contributed by atoms with Crippen LogP contribution in [-0.4, -0.2) is 87.5 Å². The van der Waals surface area contributed by atoms with E-state index in [1.165, 1.54) is 122 Å². The van der Waals surface area contributed by atoms with Gasteiger partial charge in [-0.3, -0.25) is 4.79 Å². The Morgan fingerprint density at radius 3 is 1.59 bits per heavy atom. The summed E-state index contributed by atoms with van der Waals surface area (Å²) >= 11 is 0. The minimum Gasteiger partial charge on any atom is -0.394 e. The van der Waals surface area contributed by atoms with E-state index in [-0.39, 0.29) is 12.5 Å². The highest BCUT2D eigenvalue weighted by Crippen LogP contribution is 2.22. The van der Waals surface area contributed by atoms with Crippen LogP contribution < -0.4 is 5.32 Å². The third-order valence-electron chi connectivity index (χ3n) is 9.86. The topological polar surface area (TPSA) is 149 Å². The first kappa shape index (κ1) is 46.0. The number of aliphatic hydroxyl groups excluding tert-OH is 5. The van der Waals surface area contributed by atoms with Gasteiger partial charge < -0.3 is 40.3 Å². The van der Waals surface area contributed by atoms with Crippen LogP contribution in [0, 0.1) is 0 Å². The van der Waals surface area contributed by atoms with Gasteiger partial charge in [-0.05, 0) is 19.3 Å². The van der Waals surface area contributed by atoms with Gasteiger partial charge in [-0.1, -0.05) is 167 Å². The lowest BCUT2D eigenvalue weighted by atomic mass is 9.99. The van der Waals surface area contributed by atoms with E-state index in [9.17, 15) is 30.3 Å². The summed E-state index contributed by atoms with van der Waals surface area (Å²) in [4.78, 5) is 12.9. The van der Waals surface area contributed by atoms with Crippen molar-refractivity contribution in [2.75, 3.05) is 13.2 Å². The molecule has 0 radical (unpaired) electrons. The number of rotatable bonds is 33. The van der Waals surface area contributed by atoms with Crippen LogP contribution in [0.3, 0.4) is 0 Å². The SMILES string of the molecule is CCCCCCCCCCCCCC/C=C/C(O)C(COC1OC(CO)C(O)C(O)C1O)NC(=O)CCCCCCCCCCCCCC. The molecule has 0 aromatic carbocycles. The van der Waals surface area contributed by atoms with Crippen LogP contribution >= 0.6 is 0 Å². The maximum Gasteiger partial charge on any atom is 0.220 e. The Morgan fingerprint density at radius 2 is 1.12 bits per heavy atom. The van der Waals surface area contributed by atoms with E-state index in [1.807, 2.05) is 6.08 Å². The van der Waals surface area contributed by atoms with Gasteiger partial charge in [0, 0.05) is 6.42 Å². The third kappa shape index (κ3) is 23.2. The van der Waals surface area contributed by atoms with E-state index in [1.54, 1.807) is 6.08 Å². The predicted molar refractivity (Wildman–Crippen MR) is 198 cm³/mol. The summed E-state index contributed by atoms with van der Waals surface area (Å²) in [6.45, 7) is 3.75. The summed E-state index contributed by atoms with van der Waals surface area (Å²) in [5.41, 5.74) is 0. The van der Waals surface area contributed by atoms with E-state index in [0.717, 1.165) is 38.5 Å². The standard InChI is InChI=1S/C40H77NO8/c1-3-5-7-9-11-13-15-17-18-19-21-23-25-27-29-34(43)33(32-48-40-39(47)38(46)37(45)35(31-42)49-40)41-36(44)30-28-26-24-22-20-16-14-12-10-8-6-4-2/h27,29,33-35,37-40,42-43,45-47H,3-26,28,30-32H2,1-2H3,(H,41,44)/b29-27+. The van der Waals surface area contributed by atoms with E-state index < -0.39 is 49.5 Å². The van der Waals surface area contributed by atoms with Gasteiger partial charge in [0.05, 0.1) is 25.4 Å². The van der Waals surface area contributed by atoms with Gasteiger partial charge in [0.1, 0.15) is 24.4 Å². The number of hydrogen-bond acceptors (Lipinski definition) is 8. The number of unbranched alkanes of at least 4 members (excludes halogenated alkanes) is 23. The van der Waals surface area contributed by atoms with Crippen LogP contribution in [0.25, 0.3) is 0 Å². The molecule has 49 heavy (non-hydrogen) atoms. The molecule has 0 saturated carbocycles. The van der Waals surface area contributed by atoms with Gasteiger partial charge in [-0.25, -0.2) is 0 Å². The minimum absolute atomic E-state index is 0.178. The fraction of sp³-hybridized carbons (Fsp3) is 0.925. The summed E-state index contributed by atoms with van der Waals surface area (Å²) in [7, 11) is 0. The highest BCUT2D eigenvalue weighted by Gasteiger charge is 2.44. The second kappa shape index (κ2) is 31.6. The average Bonchev–Trinajstić information content (AvgIpc) is 3.10. The molecular formula is C40H77NO8. The fourth-order valence-corrected chi connectivity index (χ4v) is 6.51. The summed E-state index contributed by atoms with van der Waals surface area (Å²) in [5.74, 6) is -0.178. The Labute approximate surface area is 299 Å². The molecule has 1 aliphatic heterocycles. The summed E-state index contributed by atoms with van der Waals surface area (Å²) in [6.07, 6.45) is 26.8. The number of ether oxygens (including phenoxy) is 2. The summed E-state index contributed by atoms with van der Waals surface area (Å²) < 4.78 is 11.2. The predicted octanol–water partition coefficient (Wildman–Crippen LogP) is 7.39. The van der Waals surface area contributed by atoms with Crippen LogP contribution in [0.5, 0.6) is 0 Å². The van der Waals surface area contributed by atoms with Gasteiger partial charge in [0.2, 0.25) is 5.91 Å². The molecule has 7 atom stereocenters. The largest absolute Gasteiger partial charge is 0.394 e. The van der Waals surface area contributed by atoms with Gasteiger partial charge in [0.25, 0.3) is 0 Å². The lowest BCUT2D eigenvalue weighted by Gasteiger charge is -2.40. The zero-order valence-electron chi connectivity index (χ0n) is 31.5. The summed E-state index contributed by atoms with van der Waals surface area (Å²) in [5, 5.41) is 53.9. The van der Waals surface area contributed by atoms with Crippen LogP contribution in [0.1, 0.15) is 181 Å². The van der Waals surface area contributed by atoms with Crippen molar-refractivity contribution in [1.82, 2.24) is 5.32 Å². The normalized spacial score (nSPS) is 22.5. The van der Waals surface area contributed by atoms with Gasteiger partial charge in [-0.2, -0.15) is 0 Å². The molecule has 0 aromatic rings. The van der Waals surface area contributed by atoms with Crippen molar-refractivity contribution in [2.24, 2.45) is 0 Å². The quantitative estimate of drug-likeness (QED) is 0.0307. The van der Waals surface area contributed by atoms with E-state index in [2.05, 4.69) is 19.2 Å². The van der Waals surface area contributed by atoms with Crippen molar-refractivity contribution in [2.45, 2.75) is 224 Å². The summed E-state index contributed by atoms with van der Waals surface area (Å²) in [6, 6.07) is -0.796. The molecule has 1 heterocycles. The monoisotopic (exact) mass is 700 g/mol. The lowest BCUT2D eigenvalue weighted by Crippen LogP contribution is -2.60. The molecule has 6 N–H and O–H groups in total. The van der Waals surface area contributed by atoms with E-state index in [4.69, 9.17) is 9.47 Å². The number of nitrogens with one attached hydrogen (secondary N) is 1. The molecule has 1 saturated heterocycles. The second-order valence-electron chi connectivity index (χ2n) is 14.4. The Balaban J connectivity index is 2.43. The molecule has 1 fully saturated rings. The van der Waals surface area contributed by atoms with Crippen molar-refractivity contribution >= 4 is 5.91 Å². The molecule has 7 unspecified atom stereocenters. The molecule has 9 nitrogen and oxygen atoms in total. The molecule has 1 amide bonds. The molecule has 1 aliphatic rings. The second-order valence-corrected chi connectivity index (χ2v) is 14.4. The maximum atomic E-state index is 12.9. The van der Waals surface area contributed by atoms with Crippen molar-refractivity contribution < 1.29 is 39.8 Å². The molecular weight excluding hydrogens is 622 g/mol. The highest BCUT2D eigenvalue weighted by molar-refractivity contribution is 5.76. The Kier molecular flexibility index (Phi) is 29.7. The van der Waals surface area contributed by atoms with Crippen molar-refractivity contribution in [3.05, 3.63) is 12.2 Å². The minimum atomic E-state index is -1.56. The fourth-order valence-electron chi connectivity index (χ4n) is 6.51. The van der Waals surface area contributed by atoms with Gasteiger partial charge in [-0.15, -0.1) is 0 Å². The van der Waals surface area contributed by atoms with E-state index >= 15 is 0 Å².